The fraction of sp³-hybridized carbons (Fsp3) is 0.531. The Kier molecular flexibility index (Phi) is 14.3. The average molecular weight is 605 g/mol. The number of para-hydroxylation sites is 2. The first-order valence-corrected chi connectivity index (χ1v) is 15.7. The Labute approximate surface area is 254 Å². The number of unbranched alkanes of at least 4 members (excludes halogenated alkanes) is 9. The highest BCUT2D eigenvalue weighted by molar-refractivity contribution is 6.39. The van der Waals surface area contributed by atoms with Gasteiger partial charge in [-0.3, -0.25) is 14.4 Å². The summed E-state index contributed by atoms with van der Waals surface area (Å²) in [5, 5.41) is 6.93. The van der Waals surface area contributed by atoms with Crippen LogP contribution in [0.15, 0.2) is 42.5 Å². The molecule has 0 bridgehead atoms. The van der Waals surface area contributed by atoms with Crippen molar-refractivity contribution in [2.24, 2.45) is 0 Å². The first kappa shape index (κ1) is 32.7. The summed E-state index contributed by atoms with van der Waals surface area (Å²) in [6.07, 6.45) is 11.9. The summed E-state index contributed by atoms with van der Waals surface area (Å²) in [5.74, 6) is -1.04. The first-order chi connectivity index (χ1) is 19.9. The van der Waals surface area contributed by atoms with Gasteiger partial charge in [-0.15, -0.1) is 0 Å². The summed E-state index contributed by atoms with van der Waals surface area (Å²) in [4.78, 5) is 40.2. The molecule has 0 aliphatic carbocycles. The molecule has 7 nitrogen and oxygen atoms in total. The molecule has 0 radical (unpaired) electrons. The minimum absolute atomic E-state index is 0.0443. The molecule has 0 aromatic heterocycles. The topological polar surface area (TPSA) is 87.7 Å². The molecule has 1 atom stereocenters. The third kappa shape index (κ3) is 10.9. The number of piperazine rings is 1. The first-order valence-electron chi connectivity index (χ1n) is 14.9. The Balaban J connectivity index is 1.48. The second kappa shape index (κ2) is 17.9. The summed E-state index contributed by atoms with van der Waals surface area (Å²) in [6, 6.07) is 11.7. The van der Waals surface area contributed by atoms with E-state index in [0.29, 0.717) is 41.1 Å². The lowest BCUT2D eigenvalue weighted by Gasteiger charge is -2.34. The number of anilines is 2. The zero-order chi connectivity index (χ0) is 29.5. The van der Waals surface area contributed by atoms with E-state index in [1.165, 1.54) is 49.8 Å². The van der Waals surface area contributed by atoms with Crippen LogP contribution in [-0.2, 0) is 25.5 Å². The maximum absolute atomic E-state index is 13.4. The van der Waals surface area contributed by atoms with Crippen molar-refractivity contribution >= 4 is 52.4 Å². The van der Waals surface area contributed by atoms with Crippen molar-refractivity contribution in [2.45, 2.75) is 90.0 Å². The molecule has 3 rings (SSSR count). The smallest absolute Gasteiger partial charge is 0.308 e. The highest BCUT2D eigenvalue weighted by atomic mass is 35.5. The van der Waals surface area contributed by atoms with Crippen molar-refractivity contribution < 1.29 is 19.1 Å². The molecular weight excluding hydrogens is 561 g/mol. The van der Waals surface area contributed by atoms with Gasteiger partial charge in [0.1, 0.15) is 6.04 Å². The molecule has 9 heteroatoms. The van der Waals surface area contributed by atoms with Gasteiger partial charge in [-0.1, -0.05) is 112 Å². The average Bonchev–Trinajstić information content (AvgIpc) is 2.95. The minimum atomic E-state index is -0.894. The highest BCUT2D eigenvalue weighted by Crippen LogP contribution is 2.33. The van der Waals surface area contributed by atoms with E-state index in [0.717, 1.165) is 24.8 Å². The standard InChI is InChI=1S/C32H43Cl2N3O4/c1-2-3-4-5-6-7-8-9-10-13-21-41-30(39)23-28-32(40)35-19-20-37(28)29(38)22-24-15-11-12-18-27(24)36-31-25(33)16-14-17-26(31)34/h11-12,14-18,28,36H,2-10,13,19-23H2,1H3,(H,35,40). The number of hydrogen-bond acceptors (Lipinski definition) is 5. The molecule has 2 aromatic rings. The zero-order valence-electron chi connectivity index (χ0n) is 24.1. The third-order valence-electron chi connectivity index (χ3n) is 7.35. The molecular formula is C32H43Cl2N3O4. The largest absolute Gasteiger partial charge is 0.466 e. The number of carbonyl (C=O) groups excluding carboxylic acids is 3. The van der Waals surface area contributed by atoms with Crippen LogP contribution in [0.5, 0.6) is 0 Å². The Hall–Kier alpha value is -2.77. The van der Waals surface area contributed by atoms with Crippen LogP contribution in [0, 0.1) is 0 Å². The number of ether oxygens (including phenoxy) is 1. The predicted octanol–water partition coefficient (Wildman–Crippen LogP) is 7.46. The van der Waals surface area contributed by atoms with Crippen LogP contribution in [0.3, 0.4) is 0 Å². The molecule has 1 saturated heterocycles. The SMILES string of the molecule is CCCCCCCCCCCCOC(=O)CC1C(=O)NCCN1C(=O)Cc1ccccc1Nc1c(Cl)cccc1Cl. The van der Waals surface area contributed by atoms with Crippen LogP contribution < -0.4 is 10.6 Å². The van der Waals surface area contributed by atoms with Gasteiger partial charge in [-0.25, -0.2) is 0 Å². The maximum atomic E-state index is 13.4. The van der Waals surface area contributed by atoms with E-state index in [1.54, 1.807) is 18.2 Å². The molecule has 0 spiro atoms. The summed E-state index contributed by atoms with van der Waals surface area (Å²) >= 11 is 12.7. The molecule has 2 aromatic carbocycles. The summed E-state index contributed by atoms with van der Waals surface area (Å²) in [7, 11) is 0. The summed E-state index contributed by atoms with van der Waals surface area (Å²) in [5.41, 5.74) is 1.96. The van der Waals surface area contributed by atoms with Crippen molar-refractivity contribution in [2.75, 3.05) is 25.0 Å². The molecule has 1 aliphatic heterocycles. The number of rotatable bonds is 17. The number of nitrogens with one attached hydrogen (secondary N) is 2. The van der Waals surface area contributed by atoms with E-state index in [-0.39, 0.29) is 24.7 Å². The van der Waals surface area contributed by atoms with Gasteiger partial charge >= 0.3 is 5.97 Å². The van der Waals surface area contributed by atoms with Crippen LogP contribution >= 0.6 is 23.2 Å². The van der Waals surface area contributed by atoms with Crippen molar-refractivity contribution in [1.82, 2.24) is 10.2 Å². The van der Waals surface area contributed by atoms with Crippen molar-refractivity contribution in [1.29, 1.82) is 0 Å². The fourth-order valence-corrected chi connectivity index (χ4v) is 5.51. The molecule has 2 amide bonds. The Bertz CT molecular complexity index is 1120. The van der Waals surface area contributed by atoms with E-state index >= 15 is 0 Å². The molecule has 2 N–H and O–H groups in total. The number of halogens is 2. The van der Waals surface area contributed by atoms with Crippen LogP contribution in [-0.4, -0.2) is 48.4 Å². The van der Waals surface area contributed by atoms with Gasteiger partial charge in [0.15, 0.2) is 0 Å². The number of esters is 1. The number of benzene rings is 2. The molecule has 0 saturated carbocycles. The number of hydrogen-bond donors (Lipinski definition) is 2. The van der Waals surface area contributed by atoms with Gasteiger partial charge in [0.05, 0.1) is 35.2 Å². The molecule has 1 aliphatic rings. The third-order valence-corrected chi connectivity index (χ3v) is 7.98. The molecule has 1 unspecified atom stereocenters. The van der Waals surface area contributed by atoms with Gasteiger partial charge < -0.3 is 20.3 Å². The van der Waals surface area contributed by atoms with Crippen LogP contribution in [0.25, 0.3) is 0 Å². The maximum Gasteiger partial charge on any atom is 0.308 e. The quantitative estimate of drug-likeness (QED) is 0.145. The zero-order valence-corrected chi connectivity index (χ0v) is 25.6. The van der Waals surface area contributed by atoms with Crippen molar-refractivity contribution in [3.63, 3.8) is 0 Å². The van der Waals surface area contributed by atoms with Crippen LogP contribution in [0.2, 0.25) is 10.0 Å². The van der Waals surface area contributed by atoms with Gasteiger partial charge in [0.2, 0.25) is 11.8 Å². The van der Waals surface area contributed by atoms with E-state index in [1.807, 2.05) is 24.3 Å². The Morgan fingerprint density at radius 1 is 0.927 bits per heavy atom. The minimum Gasteiger partial charge on any atom is -0.466 e. The molecule has 1 fully saturated rings. The van der Waals surface area contributed by atoms with E-state index in [4.69, 9.17) is 27.9 Å². The van der Waals surface area contributed by atoms with E-state index in [2.05, 4.69) is 17.6 Å². The van der Waals surface area contributed by atoms with Crippen molar-refractivity contribution in [3.05, 3.63) is 58.1 Å². The van der Waals surface area contributed by atoms with Crippen molar-refractivity contribution in [3.8, 4) is 0 Å². The lowest BCUT2D eigenvalue weighted by atomic mass is 10.0. The Morgan fingerprint density at radius 2 is 1.56 bits per heavy atom. The number of amides is 2. The van der Waals surface area contributed by atoms with Gasteiger partial charge in [-0.2, -0.15) is 0 Å². The molecule has 1 heterocycles. The molecule has 224 valence electrons. The number of nitrogens with zero attached hydrogens (tertiary/aromatic N) is 1. The second-order valence-corrected chi connectivity index (χ2v) is 11.4. The Morgan fingerprint density at radius 3 is 2.24 bits per heavy atom. The normalized spacial score (nSPS) is 15.0. The summed E-state index contributed by atoms with van der Waals surface area (Å²) in [6.45, 7) is 3.23. The van der Waals surface area contributed by atoms with Crippen LogP contribution in [0.1, 0.15) is 83.1 Å². The lowest BCUT2D eigenvalue weighted by Crippen LogP contribution is -2.58. The van der Waals surface area contributed by atoms with E-state index < -0.39 is 12.0 Å². The van der Waals surface area contributed by atoms with Gasteiger partial charge in [-0.05, 0) is 30.2 Å². The van der Waals surface area contributed by atoms with E-state index in [9.17, 15) is 14.4 Å². The fourth-order valence-electron chi connectivity index (χ4n) is 5.02. The molecule has 41 heavy (non-hydrogen) atoms. The highest BCUT2D eigenvalue weighted by Gasteiger charge is 2.35. The second-order valence-electron chi connectivity index (χ2n) is 10.6. The summed E-state index contributed by atoms with van der Waals surface area (Å²) < 4.78 is 5.43. The van der Waals surface area contributed by atoms with Gasteiger partial charge in [0.25, 0.3) is 0 Å². The number of carbonyl (C=O) groups is 3. The predicted molar refractivity (Wildman–Crippen MR) is 166 cm³/mol. The van der Waals surface area contributed by atoms with Gasteiger partial charge in [0, 0.05) is 18.8 Å². The monoisotopic (exact) mass is 603 g/mol. The van der Waals surface area contributed by atoms with Crippen LogP contribution in [0.4, 0.5) is 11.4 Å². The lowest BCUT2D eigenvalue weighted by molar-refractivity contribution is -0.151.